The summed E-state index contributed by atoms with van der Waals surface area (Å²) in [4.78, 5) is 2.54. The predicted octanol–water partition coefficient (Wildman–Crippen LogP) is 5.11. The van der Waals surface area contributed by atoms with Crippen molar-refractivity contribution in [2.24, 2.45) is 5.92 Å². The number of nitrogens with zero attached hydrogens (tertiary/aromatic N) is 1. The van der Waals surface area contributed by atoms with E-state index in [1.165, 1.54) is 35.3 Å². The van der Waals surface area contributed by atoms with Gasteiger partial charge in [0.15, 0.2) is 0 Å². The summed E-state index contributed by atoms with van der Waals surface area (Å²) in [5.74, 6) is 0.715. The lowest BCUT2D eigenvalue weighted by molar-refractivity contribution is 0.126. The SMILES string of the molecule is O=S(=O)(NCCC(c1ccccc1)N1CCC(Cc2ccccc2)CC1)c1cccs1. The number of hydrogen-bond donors (Lipinski definition) is 1. The third-order valence-corrected chi connectivity index (χ3v) is 8.97. The van der Waals surface area contributed by atoms with Crippen molar-refractivity contribution in [1.82, 2.24) is 9.62 Å². The minimum Gasteiger partial charge on any atom is -0.296 e. The van der Waals surface area contributed by atoms with Gasteiger partial charge in [0.05, 0.1) is 0 Å². The van der Waals surface area contributed by atoms with Gasteiger partial charge < -0.3 is 0 Å². The second-order valence-corrected chi connectivity index (χ2v) is 11.2. The third-order valence-electron chi connectivity index (χ3n) is 6.11. The van der Waals surface area contributed by atoms with E-state index in [1.54, 1.807) is 17.5 Å². The molecule has 6 heteroatoms. The molecule has 1 atom stereocenters. The third kappa shape index (κ3) is 6.04. The van der Waals surface area contributed by atoms with Gasteiger partial charge in [0.2, 0.25) is 10.0 Å². The Morgan fingerprint density at radius 1 is 0.935 bits per heavy atom. The number of hydrogen-bond acceptors (Lipinski definition) is 4. The van der Waals surface area contributed by atoms with Crippen molar-refractivity contribution < 1.29 is 8.42 Å². The fraction of sp³-hybridized carbons (Fsp3) is 0.360. The van der Waals surface area contributed by atoms with Crippen molar-refractivity contribution >= 4 is 21.4 Å². The number of nitrogens with one attached hydrogen (secondary N) is 1. The van der Waals surface area contributed by atoms with Crippen molar-refractivity contribution in [3.8, 4) is 0 Å². The summed E-state index contributed by atoms with van der Waals surface area (Å²) in [6.07, 6.45) is 4.27. The molecule has 1 unspecified atom stereocenters. The molecule has 1 N–H and O–H groups in total. The molecular formula is C25H30N2O2S2. The molecule has 0 radical (unpaired) electrons. The second-order valence-electron chi connectivity index (χ2n) is 8.21. The van der Waals surface area contributed by atoms with E-state index in [0.717, 1.165) is 25.9 Å². The van der Waals surface area contributed by atoms with Crippen LogP contribution in [0.25, 0.3) is 0 Å². The number of thiophene rings is 1. The van der Waals surface area contributed by atoms with Gasteiger partial charge in [-0.05, 0) is 67.3 Å². The standard InChI is InChI=1S/C25H30N2O2S2/c28-31(29,25-12-7-19-30-25)26-16-13-24(23-10-5-2-6-11-23)27-17-14-22(15-18-27)20-21-8-3-1-4-9-21/h1-12,19,22,24,26H,13-18,20H2. The Kier molecular flexibility index (Phi) is 7.56. The van der Waals surface area contributed by atoms with E-state index in [9.17, 15) is 8.42 Å². The fourth-order valence-corrected chi connectivity index (χ4v) is 6.55. The quantitative estimate of drug-likeness (QED) is 0.489. The minimum atomic E-state index is -3.42. The van der Waals surface area contributed by atoms with Crippen LogP contribution in [-0.4, -0.2) is 33.0 Å². The van der Waals surface area contributed by atoms with E-state index >= 15 is 0 Å². The van der Waals surface area contributed by atoms with Crippen molar-refractivity contribution in [3.05, 3.63) is 89.3 Å². The maximum absolute atomic E-state index is 12.5. The van der Waals surface area contributed by atoms with Crippen molar-refractivity contribution in [2.75, 3.05) is 19.6 Å². The van der Waals surface area contributed by atoms with Gasteiger partial charge in [-0.25, -0.2) is 13.1 Å². The largest absolute Gasteiger partial charge is 0.296 e. The molecule has 0 amide bonds. The highest BCUT2D eigenvalue weighted by atomic mass is 32.2. The van der Waals surface area contributed by atoms with Gasteiger partial charge in [0.25, 0.3) is 0 Å². The van der Waals surface area contributed by atoms with E-state index < -0.39 is 10.0 Å². The Balaban J connectivity index is 1.37. The van der Waals surface area contributed by atoms with Gasteiger partial charge in [-0.15, -0.1) is 11.3 Å². The van der Waals surface area contributed by atoms with Crippen LogP contribution in [0, 0.1) is 5.92 Å². The lowest BCUT2D eigenvalue weighted by Gasteiger charge is -2.38. The van der Waals surface area contributed by atoms with Gasteiger partial charge in [0.1, 0.15) is 4.21 Å². The number of benzene rings is 2. The zero-order valence-corrected chi connectivity index (χ0v) is 19.3. The van der Waals surface area contributed by atoms with Gasteiger partial charge in [-0.2, -0.15) is 0 Å². The Morgan fingerprint density at radius 2 is 1.61 bits per heavy atom. The van der Waals surface area contributed by atoms with E-state index in [4.69, 9.17) is 0 Å². The molecule has 164 valence electrons. The number of piperidine rings is 1. The Bertz CT molecular complexity index is 1010. The van der Waals surface area contributed by atoms with Crippen LogP contribution in [0.15, 0.2) is 82.4 Å². The first kappa shape index (κ1) is 22.2. The predicted molar refractivity (Wildman–Crippen MR) is 128 cm³/mol. The molecule has 1 aliphatic rings. The molecule has 1 aliphatic heterocycles. The van der Waals surface area contributed by atoms with Crippen LogP contribution >= 0.6 is 11.3 Å². The van der Waals surface area contributed by atoms with Crippen LogP contribution in [-0.2, 0) is 16.4 Å². The van der Waals surface area contributed by atoms with Crippen molar-refractivity contribution in [2.45, 2.75) is 35.9 Å². The Morgan fingerprint density at radius 3 is 2.26 bits per heavy atom. The number of rotatable bonds is 9. The number of sulfonamides is 1. The molecule has 0 bridgehead atoms. The first-order chi connectivity index (χ1) is 15.1. The summed E-state index contributed by atoms with van der Waals surface area (Å²) in [5.41, 5.74) is 2.68. The molecule has 4 rings (SSSR count). The smallest absolute Gasteiger partial charge is 0.250 e. The van der Waals surface area contributed by atoms with Crippen LogP contribution in [0.4, 0.5) is 0 Å². The zero-order chi connectivity index (χ0) is 21.5. The van der Waals surface area contributed by atoms with E-state index in [2.05, 4.69) is 64.2 Å². The summed E-state index contributed by atoms with van der Waals surface area (Å²) in [6, 6.07) is 24.9. The van der Waals surface area contributed by atoms with Crippen molar-refractivity contribution in [1.29, 1.82) is 0 Å². The molecule has 0 saturated carbocycles. The molecule has 2 aromatic carbocycles. The van der Waals surface area contributed by atoms with Gasteiger partial charge in [0, 0.05) is 12.6 Å². The average Bonchev–Trinajstić information content (AvgIpc) is 3.35. The van der Waals surface area contributed by atoms with Crippen LogP contribution in [0.3, 0.4) is 0 Å². The second kappa shape index (κ2) is 10.6. The Labute approximate surface area is 190 Å². The molecule has 31 heavy (non-hydrogen) atoms. The highest BCUT2D eigenvalue weighted by Gasteiger charge is 2.26. The topological polar surface area (TPSA) is 49.4 Å². The molecule has 3 aromatic rings. The normalized spacial score (nSPS) is 16.9. The first-order valence-electron chi connectivity index (χ1n) is 11.0. The summed E-state index contributed by atoms with van der Waals surface area (Å²) >= 11 is 1.25. The van der Waals surface area contributed by atoms with Gasteiger partial charge in [-0.3, -0.25) is 4.90 Å². The van der Waals surface area contributed by atoms with E-state index in [1.807, 2.05) is 6.07 Å². The highest BCUT2D eigenvalue weighted by Crippen LogP contribution is 2.30. The Hall–Kier alpha value is -1.99. The molecule has 2 heterocycles. The monoisotopic (exact) mass is 454 g/mol. The summed E-state index contributed by atoms with van der Waals surface area (Å²) in [7, 11) is -3.42. The molecule has 0 spiro atoms. The lowest BCUT2D eigenvalue weighted by Crippen LogP contribution is -2.38. The minimum absolute atomic E-state index is 0.227. The summed E-state index contributed by atoms with van der Waals surface area (Å²) < 4.78 is 28.2. The van der Waals surface area contributed by atoms with E-state index in [0.29, 0.717) is 16.7 Å². The fourth-order valence-electron chi connectivity index (χ4n) is 4.47. The first-order valence-corrected chi connectivity index (χ1v) is 13.3. The maximum Gasteiger partial charge on any atom is 0.250 e. The molecule has 0 aliphatic carbocycles. The van der Waals surface area contributed by atoms with Crippen LogP contribution in [0.2, 0.25) is 0 Å². The zero-order valence-electron chi connectivity index (χ0n) is 17.7. The van der Waals surface area contributed by atoms with Gasteiger partial charge >= 0.3 is 0 Å². The van der Waals surface area contributed by atoms with Crippen LogP contribution in [0.5, 0.6) is 0 Å². The molecule has 4 nitrogen and oxygen atoms in total. The van der Waals surface area contributed by atoms with Crippen LogP contribution in [0.1, 0.15) is 36.4 Å². The van der Waals surface area contributed by atoms with Crippen LogP contribution < -0.4 is 4.72 Å². The number of likely N-dealkylation sites (tertiary alicyclic amines) is 1. The lowest BCUT2D eigenvalue weighted by atomic mass is 9.88. The molecule has 1 saturated heterocycles. The highest BCUT2D eigenvalue weighted by molar-refractivity contribution is 7.91. The maximum atomic E-state index is 12.5. The molecular weight excluding hydrogens is 424 g/mol. The van der Waals surface area contributed by atoms with Crippen molar-refractivity contribution in [3.63, 3.8) is 0 Å². The molecule has 1 aromatic heterocycles. The van der Waals surface area contributed by atoms with Gasteiger partial charge in [-0.1, -0.05) is 66.7 Å². The molecule has 1 fully saturated rings. The summed E-state index contributed by atoms with van der Waals surface area (Å²) in [6.45, 7) is 2.53. The average molecular weight is 455 g/mol. The van der Waals surface area contributed by atoms with E-state index in [-0.39, 0.29) is 6.04 Å². The summed E-state index contributed by atoms with van der Waals surface area (Å²) in [5, 5.41) is 1.79.